The summed E-state index contributed by atoms with van der Waals surface area (Å²) in [6.07, 6.45) is -1.23. The van der Waals surface area contributed by atoms with Crippen molar-refractivity contribution in [2.24, 2.45) is 0 Å². The van der Waals surface area contributed by atoms with E-state index in [9.17, 15) is 21.6 Å². The lowest BCUT2D eigenvalue weighted by Gasteiger charge is -2.29. The topological polar surface area (TPSA) is 76.5 Å². The molecule has 29 heavy (non-hydrogen) atoms. The molecule has 1 aliphatic heterocycles. The molecule has 0 radical (unpaired) electrons. The van der Waals surface area contributed by atoms with Crippen molar-refractivity contribution in [1.29, 1.82) is 0 Å². The maximum absolute atomic E-state index is 13.1. The molecule has 0 atom stereocenters. The molecule has 0 spiro atoms. The summed E-state index contributed by atoms with van der Waals surface area (Å²) in [7, 11) is -4.12. The van der Waals surface area contributed by atoms with Gasteiger partial charge in [0, 0.05) is 32.6 Å². The first kappa shape index (κ1) is 19.8. The van der Waals surface area contributed by atoms with Crippen LogP contribution in [0, 0.1) is 0 Å². The zero-order valence-electron chi connectivity index (χ0n) is 15.3. The number of hydrogen-bond acceptors (Lipinski definition) is 6. The highest BCUT2D eigenvalue weighted by atomic mass is 32.2. The molecule has 0 unspecified atom stereocenters. The van der Waals surface area contributed by atoms with Gasteiger partial charge in [-0.15, -0.1) is 13.2 Å². The largest absolute Gasteiger partial charge is 0.572 e. The maximum Gasteiger partial charge on any atom is 0.572 e. The van der Waals surface area contributed by atoms with Crippen molar-refractivity contribution in [3.05, 3.63) is 47.3 Å². The number of anilines is 1. The van der Waals surface area contributed by atoms with Gasteiger partial charge in [0.2, 0.25) is 0 Å². The van der Waals surface area contributed by atoms with Crippen LogP contribution in [0.5, 0.6) is 0 Å². The Kier molecular flexibility index (Phi) is 5.03. The summed E-state index contributed by atoms with van der Waals surface area (Å²) in [5.41, 5.74) is 1.73. The van der Waals surface area contributed by atoms with Gasteiger partial charge in [-0.25, -0.2) is 17.4 Å². The molecular weight excluding hydrogens is 409 g/mol. The van der Waals surface area contributed by atoms with Gasteiger partial charge in [-0.1, -0.05) is 12.1 Å². The van der Waals surface area contributed by atoms with Crippen molar-refractivity contribution in [2.75, 3.05) is 31.1 Å². The minimum Gasteiger partial charge on any atom is -0.410 e. The number of imidazole rings is 1. The molecule has 2 aliphatic rings. The van der Waals surface area contributed by atoms with Crippen LogP contribution in [0.2, 0.25) is 0 Å². The van der Waals surface area contributed by atoms with E-state index >= 15 is 0 Å². The van der Waals surface area contributed by atoms with Crippen LogP contribution in [0.25, 0.3) is 11.0 Å². The Bertz CT molecular complexity index is 1080. The fraction of sp³-hybridized carbons (Fsp3) is 0.389. The first-order chi connectivity index (χ1) is 13.8. The van der Waals surface area contributed by atoms with Gasteiger partial charge < -0.3 is 15.0 Å². The zero-order valence-corrected chi connectivity index (χ0v) is 16.1. The highest BCUT2D eigenvalue weighted by Gasteiger charge is 2.33. The molecule has 0 bridgehead atoms. The molecule has 0 amide bonds. The molecule has 1 saturated heterocycles. The van der Waals surface area contributed by atoms with Crippen LogP contribution in [0.15, 0.2) is 47.3 Å². The van der Waals surface area contributed by atoms with Crippen LogP contribution in [-0.4, -0.2) is 49.9 Å². The Morgan fingerprint density at radius 3 is 2.66 bits per heavy atom. The molecule has 1 N–H and O–H groups in total. The van der Waals surface area contributed by atoms with Gasteiger partial charge in [0.05, 0.1) is 16.1 Å². The maximum atomic E-state index is 13.1. The molecule has 11 heteroatoms. The summed E-state index contributed by atoms with van der Waals surface area (Å²) in [5, 5.41) is 3.26. The summed E-state index contributed by atoms with van der Waals surface area (Å²) < 4.78 is 68.7. The molecule has 1 fully saturated rings. The van der Waals surface area contributed by atoms with E-state index in [0.29, 0.717) is 11.0 Å². The smallest absolute Gasteiger partial charge is 0.410 e. The van der Waals surface area contributed by atoms with E-state index in [1.807, 2.05) is 6.07 Å². The number of benzene rings is 1. The number of aromatic nitrogens is 2. The minimum absolute atomic E-state index is 0.0175. The molecule has 1 aromatic carbocycles. The second kappa shape index (κ2) is 7.38. The Balaban J connectivity index is 1.71. The molecule has 4 rings (SSSR count). The van der Waals surface area contributed by atoms with Crippen LogP contribution >= 0.6 is 0 Å². The average Bonchev–Trinajstić information content (AvgIpc) is 3.12. The third-order valence-corrected chi connectivity index (χ3v) is 6.51. The molecule has 156 valence electrons. The zero-order chi connectivity index (χ0) is 20.6. The Hall–Kier alpha value is -2.53. The average molecular weight is 428 g/mol. The number of nitrogens with one attached hydrogen (secondary N) is 1. The first-order valence-electron chi connectivity index (χ1n) is 9.09. The van der Waals surface area contributed by atoms with Gasteiger partial charge in [-0.2, -0.15) is 0 Å². The summed E-state index contributed by atoms with van der Waals surface area (Å²) in [6.45, 7) is 3.17. The van der Waals surface area contributed by atoms with Crippen LogP contribution in [0.3, 0.4) is 0 Å². The van der Waals surface area contributed by atoms with E-state index in [2.05, 4.69) is 19.9 Å². The van der Waals surface area contributed by atoms with Gasteiger partial charge in [-0.05, 0) is 24.6 Å². The van der Waals surface area contributed by atoms with Gasteiger partial charge >= 0.3 is 6.36 Å². The number of hydrogen-bond donors (Lipinski definition) is 1. The van der Waals surface area contributed by atoms with Crippen LogP contribution < -0.4 is 10.2 Å². The third-order valence-electron chi connectivity index (χ3n) is 4.82. The van der Waals surface area contributed by atoms with E-state index < -0.39 is 22.1 Å². The van der Waals surface area contributed by atoms with Gasteiger partial charge in [-0.3, -0.25) is 0 Å². The number of nitrogens with zero attached hydrogens (tertiary/aromatic N) is 3. The van der Waals surface area contributed by atoms with Crippen molar-refractivity contribution in [2.45, 2.75) is 19.2 Å². The second-order valence-electron chi connectivity index (χ2n) is 6.73. The van der Waals surface area contributed by atoms with Crippen molar-refractivity contribution >= 4 is 26.7 Å². The number of para-hydroxylation sites is 1. The van der Waals surface area contributed by atoms with E-state index in [1.54, 1.807) is 12.1 Å². The van der Waals surface area contributed by atoms with Gasteiger partial charge in [0.25, 0.3) is 10.0 Å². The summed E-state index contributed by atoms with van der Waals surface area (Å²) >= 11 is 0. The van der Waals surface area contributed by atoms with Crippen molar-refractivity contribution < 1.29 is 26.3 Å². The molecule has 2 aromatic rings. The van der Waals surface area contributed by atoms with Crippen LogP contribution in [0.4, 0.5) is 18.9 Å². The fourth-order valence-corrected chi connectivity index (χ4v) is 4.94. The lowest BCUT2D eigenvalue weighted by atomic mass is 10.2. The molecule has 1 aromatic heterocycles. The lowest BCUT2D eigenvalue weighted by Crippen LogP contribution is -2.43. The number of allylic oxidation sites excluding steroid dienone is 3. The number of halogens is 3. The Labute approximate surface area is 165 Å². The number of alkyl halides is 3. The van der Waals surface area contributed by atoms with Crippen LogP contribution in [-0.2, 0) is 14.8 Å². The molecule has 2 heterocycles. The van der Waals surface area contributed by atoms with E-state index in [0.717, 1.165) is 41.9 Å². The quantitative estimate of drug-likeness (QED) is 0.807. The van der Waals surface area contributed by atoms with Gasteiger partial charge in [0.1, 0.15) is 17.6 Å². The summed E-state index contributed by atoms with van der Waals surface area (Å²) in [4.78, 5) is 6.18. The number of ether oxygens (including phenoxy) is 1. The van der Waals surface area contributed by atoms with E-state index in [1.165, 1.54) is 12.4 Å². The Morgan fingerprint density at radius 1 is 1.17 bits per heavy atom. The predicted octanol–water partition coefficient (Wildman–Crippen LogP) is 2.72. The molecule has 0 saturated carbocycles. The van der Waals surface area contributed by atoms with Crippen molar-refractivity contribution in [1.82, 2.24) is 14.3 Å². The molecule has 1 aliphatic carbocycles. The predicted molar refractivity (Wildman–Crippen MR) is 102 cm³/mol. The number of fused-ring (bicyclic) bond motifs is 1. The highest BCUT2D eigenvalue weighted by Crippen LogP contribution is 2.32. The second-order valence-corrected chi connectivity index (χ2v) is 8.55. The van der Waals surface area contributed by atoms with E-state index in [-0.39, 0.29) is 17.7 Å². The normalized spacial score (nSPS) is 18.5. The monoisotopic (exact) mass is 428 g/mol. The standard InChI is InChI=1S/C18H19F3N4O3S/c19-18(20,21)28-13-3-1-4-14(11-13)29(26,27)25-12-23-17-15(5-2-6-16(17)25)24-9-7-22-8-10-24/h2,4-6,11-12,22H,1,3,7-10H2. The van der Waals surface area contributed by atoms with Crippen LogP contribution in [0.1, 0.15) is 12.8 Å². The molecular formula is C18H19F3N4O3S. The highest BCUT2D eigenvalue weighted by molar-refractivity contribution is 7.94. The SMILES string of the molecule is O=S(=O)(C1=CCCC(OC(F)(F)F)=C1)n1cnc2c(N3CCNCC3)cccc21. The minimum atomic E-state index is -4.86. The van der Waals surface area contributed by atoms with Gasteiger partial charge in [0.15, 0.2) is 0 Å². The molecule has 7 nitrogen and oxygen atoms in total. The summed E-state index contributed by atoms with van der Waals surface area (Å²) in [6, 6.07) is 5.26. The third kappa shape index (κ3) is 3.97. The number of rotatable bonds is 4. The lowest BCUT2D eigenvalue weighted by molar-refractivity contribution is -0.306. The fourth-order valence-electron chi connectivity index (χ4n) is 3.52. The number of piperazine rings is 1. The Morgan fingerprint density at radius 2 is 1.93 bits per heavy atom. The van der Waals surface area contributed by atoms with Crippen molar-refractivity contribution in [3.8, 4) is 0 Å². The first-order valence-corrected chi connectivity index (χ1v) is 10.5. The van der Waals surface area contributed by atoms with E-state index in [4.69, 9.17) is 0 Å². The summed E-state index contributed by atoms with van der Waals surface area (Å²) in [5.74, 6) is -0.426. The van der Waals surface area contributed by atoms with Crippen molar-refractivity contribution in [3.63, 3.8) is 0 Å².